The van der Waals surface area contributed by atoms with Crippen LogP contribution in [0.2, 0.25) is 0 Å². The zero-order valence-electron chi connectivity index (χ0n) is 12.6. The maximum absolute atomic E-state index is 11.0. The summed E-state index contributed by atoms with van der Waals surface area (Å²) in [6.07, 6.45) is 0. The summed E-state index contributed by atoms with van der Waals surface area (Å²) in [5.41, 5.74) is 0.677. The molecule has 1 N–H and O–H groups in total. The average Bonchev–Trinajstić information content (AvgIpc) is 2.60. The molecule has 2 aromatic carbocycles. The van der Waals surface area contributed by atoms with E-state index in [9.17, 15) is 4.79 Å². The minimum atomic E-state index is -0.0579. The summed E-state index contributed by atoms with van der Waals surface area (Å²) in [4.78, 5) is 11.0. The van der Waals surface area contributed by atoms with Gasteiger partial charge in [-0.2, -0.15) is 36.4 Å². The molecule has 110 valence electrons. The largest absolute Gasteiger partial charge is 0.184 e. The maximum atomic E-state index is 11.0. The number of hydrogen-bond donors (Lipinski definition) is 1. The van der Waals surface area contributed by atoms with E-state index in [-0.39, 0.29) is 5.91 Å². The first kappa shape index (κ1) is 22.8. The maximum Gasteiger partial charge on any atom is -0.171 e. The molecule has 0 saturated carbocycles. The molecule has 2 nitrogen and oxygen atoms in total. The molecule has 0 spiro atoms. The minimum absolute atomic E-state index is 0.0579. The third-order valence-corrected chi connectivity index (χ3v) is 2.47. The van der Waals surface area contributed by atoms with E-state index in [1.807, 2.05) is 56.3 Å². The molecule has 0 aliphatic heterocycles. The van der Waals surface area contributed by atoms with Gasteiger partial charge in [-0.1, -0.05) is 29.8 Å². The predicted molar refractivity (Wildman–Crippen MR) is 93.1 cm³/mol. The molecule has 0 aliphatic rings. The number of carbonyl (C=O) groups is 1. The van der Waals surface area contributed by atoms with Gasteiger partial charge in [0.1, 0.15) is 0 Å². The van der Waals surface area contributed by atoms with Gasteiger partial charge in [-0.15, -0.1) is 0 Å². The molecular weight excluding hydrogens is 447 g/mol. The SMILES string of the molecule is CC.CNC(=O)c1ccc(Br)cc1.[Zn+][Br].[c-]1ccccc1. The Balaban J connectivity index is 0. The fourth-order valence-corrected chi connectivity index (χ4v) is 1.35. The molecule has 0 saturated heterocycles. The van der Waals surface area contributed by atoms with Gasteiger partial charge in [0, 0.05) is 17.1 Å². The van der Waals surface area contributed by atoms with Crippen molar-refractivity contribution in [3.05, 3.63) is 70.7 Å². The van der Waals surface area contributed by atoms with Crippen molar-refractivity contribution in [3.8, 4) is 0 Å². The summed E-state index contributed by atoms with van der Waals surface area (Å²) >= 11 is 7.53. The smallest absolute Gasteiger partial charge is 0.171 e. The van der Waals surface area contributed by atoms with Crippen molar-refractivity contribution >= 4 is 35.5 Å². The molecule has 0 radical (unpaired) electrons. The van der Waals surface area contributed by atoms with E-state index in [2.05, 4.69) is 40.9 Å². The first-order chi connectivity index (χ1) is 10.2. The molecule has 5 heteroatoms. The van der Waals surface area contributed by atoms with Crippen LogP contribution in [0.5, 0.6) is 0 Å². The van der Waals surface area contributed by atoms with Crippen LogP contribution in [0.1, 0.15) is 24.2 Å². The summed E-state index contributed by atoms with van der Waals surface area (Å²) in [6, 6.07) is 19.7. The summed E-state index contributed by atoms with van der Waals surface area (Å²) in [5, 5.41) is 2.55. The molecule has 1 amide bonds. The summed E-state index contributed by atoms with van der Waals surface area (Å²) in [5.74, 6) is -0.0579. The topological polar surface area (TPSA) is 29.1 Å². The fourth-order valence-electron chi connectivity index (χ4n) is 1.09. The van der Waals surface area contributed by atoms with E-state index in [1.165, 1.54) is 16.3 Å². The molecule has 0 aromatic heterocycles. The van der Waals surface area contributed by atoms with Gasteiger partial charge in [0.15, 0.2) is 0 Å². The Bertz CT molecular complexity index is 423. The van der Waals surface area contributed by atoms with Crippen LogP contribution in [0.25, 0.3) is 0 Å². The quantitative estimate of drug-likeness (QED) is 0.456. The van der Waals surface area contributed by atoms with E-state index >= 15 is 0 Å². The average molecular weight is 467 g/mol. The molecule has 0 unspecified atom stereocenters. The van der Waals surface area contributed by atoms with Crippen molar-refractivity contribution in [2.45, 2.75) is 13.8 Å². The zero-order chi connectivity index (χ0) is 16.5. The number of carbonyl (C=O) groups excluding carboxylic acids is 1. The first-order valence-corrected chi connectivity index (χ1v) is 14.1. The fraction of sp³-hybridized carbons (Fsp3) is 0.188. The van der Waals surface area contributed by atoms with E-state index < -0.39 is 0 Å². The van der Waals surface area contributed by atoms with Crippen molar-refractivity contribution in [2.75, 3.05) is 7.05 Å². The third kappa shape index (κ3) is 12.9. The van der Waals surface area contributed by atoms with Crippen LogP contribution >= 0.6 is 29.6 Å². The number of halogens is 2. The van der Waals surface area contributed by atoms with Crippen LogP contribution in [0.4, 0.5) is 0 Å². The number of hydrogen-bond acceptors (Lipinski definition) is 1. The number of amides is 1. The van der Waals surface area contributed by atoms with Crippen molar-refractivity contribution in [1.29, 1.82) is 0 Å². The van der Waals surface area contributed by atoms with Gasteiger partial charge < -0.3 is 5.32 Å². The standard InChI is InChI=1S/C8H8BrNO.C6H5.C2H6.BrH.Zn/c1-10-8(11)6-2-4-7(9)5-3-6;1-2-4-6-5-3-1;1-2;;/h2-5H,1H3,(H,10,11);1-5H;1-2H3;1H;/q;-1;;;+2/p-1. The Morgan fingerprint density at radius 2 is 1.52 bits per heavy atom. The molecule has 0 bridgehead atoms. The van der Waals surface area contributed by atoms with Crippen molar-refractivity contribution in [3.63, 3.8) is 0 Å². The van der Waals surface area contributed by atoms with Crippen LogP contribution in [-0.2, 0) is 16.3 Å². The normalized spacial score (nSPS) is 7.76. The first-order valence-electron chi connectivity index (χ1n) is 6.39. The van der Waals surface area contributed by atoms with Gasteiger partial charge in [0.05, 0.1) is 0 Å². The van der Waals surface area contributed by atoms with Gasteiger partial charge in [-0.25, -0.2) is 0 Å². The minimum Gasteiger partial charge on any atom is -0.184 e. The van der Waals surface area contributed by atoms with Gasteiger partial charge in [-0.3, -0.25) is 4.79 Å². The molecule has 21 heavy (non-hydrogen) atoms. The Kier molecular flexibility index (Phi) is 19.0. The molecule has 0 fully saturated rings. The predicted octanol–water partition coefficient (Wildman–Crippen LogP) is 5.16. The van der Waals surface area contributed by atoms with E-state index in [0.717, 1.165) is 4.47 Å². The number of nitrogens with one attached hydrogen (secondary N) is 1. The van der Waals surface area contributed by atoms with Gasteiger partial charge in [0.25, 0.3) is 5.91 Å². The zero-order valence-corrected chi connectivity index (χ0v) is 18.7. The number of rotatable bonds is 1. The Morgan fingerprint density at radius 1 is 1.05 bits per heavy atom. The molecule has 2 rings (SSSR count). The molecule has 0 aliphatic carbocycles. The van der Waals surface area contributed by atoms with Crippen LogP contribution in [0, 0.1) is 6.07 Å². The van der Waals surface area contributed by atoms with E-state index in [4.69, 9.17) is 0 Å². The Morgan fingerprint density at radius 3 is 1.81 bits per heavy atom. The van der Waals surface area contributed by atoms with Crippen molar-refractivity contribution < 1.29 is 21.1 Å². The Hall–Kier alpha value is -0.507. The van der Waals surface area contributed by atoms with Gasteiger partial charge in [0.2, 0.25) is 0 Å². The molecule has 0 atom stereocenters. The van der Waals surface area contributed by atoms with Crippen LogP contribution in [0.15, 0.2) is 59.1 Å². The second-order valence-electron chi connectivity index (χ2n) is 3.16. The van der Waals surface area contributed by atoms with E-state index in [1.54, 1.807) is 19.2 Å². The summed E-state index contributed by atoms with van der Waals surface area (Å²) < 4.78 is 0.977. The van der Waals surface area contributed by atoms with Crippen molar-refractivity contribution in [1.82, 2.24) is 5.32 Å². The molecule has 2 aromatic rings. The van der Waals surface area contributed by atoms with Gasteiger partial charge in [-0.05, 0) is 24.3 Å². The van der Waals surface area contributed by atoms with Crippen LogP contribution in [0.3, 0.4) is 0 Å². The Labute approximate surface area is 152 Å². The third-order valence-electron chi connectivity index (χ3n) is 1.94. The second-order valence-corrected chi connectivity index (χ2v) is 4.08. The van der Waals surface area contributed by atoms with Crippen LogP contribution in [-0.4, -0.2) is 13.0 Å². The molecule has 0 heterocycles. The number of benzene rings is 2. The summed E-state index contributed by atoms with van der Waals surface area (Å²) in [6.45, 7) is 4.00. The second kappa shape index (κ2) is 17.5. The van der Waals surface area contributed by atoms with Gasteiger partial charge >= 0.3 is 30.0 Å². The monoisotopic (exact) mass is 463 g/mol. The van der Waals surface area contributed by atoms with E-state index in [0.29, 0.717) is 5.56 Å². The molecular formula is C16H19Br2NOZn. The summed E-state index contributed by atoms with van der Waals surface area (Å²) in [7, 11) is 1.62. The van der Waals surface area contributed by atoms with Crippen molar-refractivity contribution in [2.24, 2.45) is 0 Å². The van der Waals surface area contributed by atoms with Crippen LogP contribution < -0.4 is 5.32 Å².